The van der Waals surface area contributed by atoms with Crippen molar-refractivity contribution in [3.8, 4) is 5.75 Å². The number of carbonyl (C=O) groups is 7. The second-order valence-electron chi connectivity index (χ2n) is 15.6. The van der Waals surface area contributed by atoms with Crippen molar-refractivity contribution in [2.75, 3.05) is 40.4 Å². The summed E-state index contributed by atoms with van der Waals surface area (Å²) in [5.41, 5.74) is 1.30. The maximum atomic E-state index is 14.6. The molecule has 0 spiro atoms. The van der Waals surface area contributed by atoms with Crippen molar-refractivity contribution in [1.82, 2.24) is 31.1 Å². The highest BCUT2D eigenvalue weighted by Gasteiger charge is 2.45. The summed E-state index contributed by atoms with van der Waals surface area (Å²) < 4.78 is 12.1. The van der Waals surface area contributed by atoms with Crippen LogP contribution in [-0.4, -0.2) is 116 Å². The van der Waals surface area contributed by atoms with Crippen molar-refractivity contribution in [2.24, 2.45) is 5.92 Å². The predicted octanol–water partition coefficient (Wildman–Crippen LogP) is 2.37. The van der Waals surface area contributed by atoms with Gasteiger partial charge >= 0.3 is 0 Å². The first-order chi connectivity index (χ1) is 27.9. The second-order valence-corrected chi connectivity index (χ2v) is 15.6. The molecule has 1 aliphatic carbocycles. The summed E-state index contributed by atoms with van der Waals surface area (Å²) in [6.45, 7) is 2.18. The Morgan fingerprint density at radius 3 is 2.38 bits per heavy atom. The third kappa shape index (κ3) is 12.1. The molecule has 1 saturated carbocycles. The van der Waals surface area contributed by atoms with Crippen molar-refractivity contribution in [1.29, 1.82) is 0 Å². The molecule has 2 aromatic rings. The van der Waals surface area contributed by atoms with E-state index in [0.29, 0.717) is 43.8 Å². The van der Waals surface area contributed by atoms with Gasteiger partial charge in [-0.05, 0) is 61.3 Å². The van der Waals surface area contributed by atoms with Gasteiger partial charge in [0.2, 0.25) is 35.3 Å². The molecule has 0 unspecified atom stereocenters. The molecule has 2 aromatic carbocycles. The first kappa shape index (κ1) is 43.8. The molecular weight excluding hydrogens is 745 g/mol. The lowest BCUT2D eigenvalue weighted by Crippen LogP contribution is -2.58. The quantitative estimate of drug-likeness (QED) is 0.234. The van der Waals surface area contributed by atoms with Crippen LogP contribution in [0.5, 0.6) is 5.75 Å². The van der Waals surface area contributed by atoms with Crippen LogP contribution in [0.25, 0.3) is 0 Å². The Hall–Kier alpha value is -5.31. The van der Waals surface area contributed by atoms with Crippen LogP contribution in [0, 0.1) is 5.92 Å². The van der Waals surface area contributed by atoms with Gasteiger partial charge in [0.15, 0.2) is 0 Å². The van der Waals surface area contributed by atoms with Gasteiger partial charge in [0.25, 0.3) is 5.91 Å². The van der Waals surface area contributed by atoms with Crippen molar-refractivity contribution >= 4 is 41.2 Å². The van der Waals surface area contributed by atoms with E-state index in [1.54, 1.807) is 51.4 Å². The second kappa shape index (κ2) is 21.4. The van der Waals surface area contributed by atoms with E-state index in [-0.39, 0.29) is 49.4 Å². The minimum atomic E-state index is -1.24. The lowest BCUT2D eigenvalue weighted by Gasteiger charge is -2.35. The average molecular weight is 803 g/mol. The zero-order chi connectivity index (χ0) is 41.6. The van der Waals surface area contributed by atoms with Crippen LogP contribution >= 0.6 is 0 Å². The van der Waals surface area contributed by atoms with Crippen molar-refractivity contribution in [3.05, 3.63) is 65.7 Å². The number of ketones is 1. The molecule has 4 bridgehead atoms. The van der Waals surface area contributed by atoms with E-state index in [1.807, 2.05) is 24.3 Å². The number of fused-ring (bicyclic) bond motifs is 4. The number of nitrogens with one attached hydrogen (secondary N) is 4. The first-order valence-electron chi connectivity index (χ1n) is 20.6. The maximum absolute atomic E-state index is 14.6. The summed E-state index contributed by atoms with van der Waals surface area (Å²) in [4.78, 5) is 97.6. The zero-order valence-corrected chi connectivity index (χ0v) is 33.8. The normalized spacial score (nSPS) is 21.6. The van der Waals surface area contributed by atoms with E-state index in [1.165, 1.54) is 9.80 Å². The Balaban J connectivity index is 1.29. The number of rotatable bonds is 12. The fraction of sp³-hybridized carbons (Fsp3) is 0.558. The minimum absolute atomic E-state index is 0.0513. The first-order valence-corrected chi connectivity index (χ1v) is 20.6. The molecule has 15 nitrogen and oxygen atoms in total. The summed E-state index contributed by atoms with van der Waals surface area (Å²) in [7, 11) is 3.12. The van der Waals surface area contributed by atoms with Gasteiger partial charge in [-0.15, -0.1) is 0 Å². The minimum Gasteiger partial charge on any atom is -0.494 e. The Morgan fingerprint density at radius 1 is 0.914 bits per heavy atom. The highest BCUT2D eigenvalue weighted by atomic mass is 16.5. The van der Waals surface area contributed by atoms with Crippen LogP contribution in [0.15, 0.2) is 54.6 Å². The van der Waals surface area contributed by atoms with Gasteiger partial charge < -0.3 is 40.5 Å². The molecule has 6 amide bonds. The highest BCUT2D eigenvalue weighted by molar-refractivity contribution is 6.38. The molecule has 5 atom stereocenters. The summed E-state index contributed by atoms with van der Waals surface area (Å²) in [6.07, 6.45) is 6.09. The number of Topliss-reactive ketones (excluding diaryl/α,β-unsaturated/α-hetero) is 1. The molecule has 2 heterocycles. The van der Waals surface area contributed by atoms with E-state index in [2.05, 4.69) is 21.3 Å². The standard InChI is InChI=1S/C43H58N6O9/c1-4-14-33(39(52)41(54)44-26-36(51)47-37(42(55)48(2)3)29-16-7-5-8-17-29)45-40(53)34-25-32-27-49(34)43(56)38(30-18-9-6-10-19-30)46-35(50)24-28-15-13-20-31(23-28)57-21-11-12-22-58-32/h5,7-8,13,15-17,20,23,30,32-34,37-38H,4,6,9-12,14,18-19,21-22,24-27H2,1-3H3,(H,44,54)(H,45,53)(H,46,50)(H,47,51)/t32-,33+,34+,37+,38+/m1/s1. The molecule has 2 fully saturated rings. The van der Waals surface area contributed by atoms with Crippen LogP contribution in [0.3, 0.4) is 0 Å². The zero-order valence-electron chi connectivity index (χ0n) is 33.8. The van der Waals surface area contributed by atoms with Gasteiger partial charge in [0.1, 0.15) is 23.9 Å². The Kier molecular flexibility index (Phi) is 16.2. The fourth-order valence-electron chi connectivity index (χ4n) is 7.87. The third-order valence-corrected chi connectivity index (χ3v) is 10.9. The number of benzene rings is 2. The maximum Gasteiger partial charge on any atom is 0.290 e. The number of ether oxygens (including phenoxy) is 2. The van der Waals surface area contributed by atoms with Gasteiger partial charge in [-0.3, -0.25) is 33.6 Å². The Morgan fingerprint density at radius 2 is 1.66 bits per heavy atom. The van der Waals surface area contributed by atoms with E-state index in [9.17, 15) is 33.6 Å². The molecule has 0 aromatic heterocycles. The fourth-order valence-corrected chi connectivity index (χ4v) is 7.87. The van der Waals surface area contributed by atoms with Crippen molar-refractivity contribution < 1.29 is 43.0 Å². The highest BCUT2D eigenvalue weighted by Crippen LogP contribution is 2.30. The summed E-state index contributed by atoms with van der Waals surface area (Å²) >= 11 is 0. The largest absolute Gasteiger partial charge is 0.494 e. The summed E-state index contributed by atoms with van der Waals surface area (Å²) in [5, 5.41) is 10.7. The molecule has 1 saturated heterocycles. The van der Waals surface area contributed by atoms with Crippen LogP contribution < -0.4 is 26.0 Å². The molecule has 15 heteroatoms. The summed E-state index contributed by atoms with van der Waals surface area (Å²) in [5.74, 6) is -3.85. The number of hydrogen-bond donors (Lipinski definition) is 4. The van der Waals surface area contributed by atoms with E-state index >= 15 is 0 Å². The van der Waals surface area contributed by atoms with E-state index in [0.717, 1.165) is 37.7 Å². The smallest absolute Gasteiger partial charge is 0.290 e. The molecule has 2 aliphatic heterocycles. The number of hydrogen-bond acceptors (Lipinski definition) is 9. The number of carbonyl (C=O) groups excluding carboxylic acids is 7. The van der Waals surface area contributed by atoms with E-state index in [4.69, 9.17) is 9.47 Å². The monoisotopic (exact) mass is 802 g/mol. The topological polar surface area (TPSA) is 193 Å². The lowest BCUT2D eigenvalue weighted by atomic mass is 9.83. The van der Waals surface area contributed by atoms with Gasteiger partial charge in [-0.2, -0.15) is 0 Å². The molecule has 58 heavy (non-hydrogen) atoms. The average Bonchev–Trinajstić information content (AvgIpc) is 3.66. The lowest BCUT2D eigenvalue weighted by molar-refractivity contribution is -0.144. The molecular formula is C43H58N6O9. The van der Waals surface area contributed by atoms with Gasteiger partial charge in [0.05, 0.1) is 31.7 Å². The Labute approximate surface area is 340 Å². The van der Waals surface area contributed by atoms with E-state index < -0.39 is 60.3 Å². The van der Waals surface area contributed by atoms with Gasteiger partial charge in [-0.1, -0.05) is 75.1 Å². The van der Waals surface area contributed by atoms with Crippen LogP contribution in [0.2, 0.25) is 0 Å². The number of likely N-dealkylation sites (N-methyl/N-ethyl adjacent to an activating group) is 1. The molecule has 3 aliphatic rings. The molecule has 5 rings (SSSR count). The van der Waals surface area contributed by atoms with Crippen LogP contribution in [0.4, 0.5) is 0 Å². The third-order valence-electron chi connectivity index (χ3n) is 10.9. The van der Waals surface area contributed by atoms with Crippen molar-refractivity contribution in [2.45, 2.75) is 108 Å². The van der Waals surface area contributed by atoms with Gasteiger partial charge in [0, 0.05) is 33.7 Å². The summed E-state index contributed by atoms with van der Waals surface area (Å²) in [6, 6.07) is 11.9. The predicted molar refractivity (Wildman–Crippen MR) is 214 cm³/mol. The molecule has 0 radical (unpaired) electrons. The SMILES string of the molecule is CCC[C@H](NC(=O)[C@@H]1C[C@@H]2CN1C(=O)[C@H](C1CCCCC1)NC(=O)Cc1cccc(c1)OCCCCO2)C(=O)C(=O)NCC(=O)N[C@H](C(=O)N(C)C)c1ccccc1. The molecule has 314 valence electrons. The van der Waals surface area contributed by atoms with Crippen molar-refractivity contribution in [3.63, 3.8) is 0 Å². The molecule has 4 N–H and O–H groups in total. The number of nitrogens with zero attached hydrogens (tertiary/aromatic N) is 2. The van der Waals surface area contributed by atoms with Gasteiger partial charge in [-0.25, -0.2) is 0 Å². The Bertz CT molecular complexity index is 1770. The van der Waals surface area contributed by atoms with Crippen LogP contribution in [-0.2, 0) is 44.7 Å². The van der Waals surface area contributed by atoms with Crippen LogP contribution in [0.1, 0.15) is 88.3 Å². The number of amides is 6.